The molecule has 1 atom stereocenters. The third-order valence-electron chi connectivity index (χ3n) is 6.77. The van der Waals surface area contributed by atoms with Gasteiger partial charge in [-0.05, 0) is 36.6 Å². The minimum Gasteiger partial charge on any atom is -0.508 e. The van der Waals surface area contributed by atoms with Crippen LogP contribution in [0.3, 0.4) is 0 Å². The molecule has 0 amide bonds. The van der Waals surface area contributed by atoms with Crippen molar-refractivity contribution in [1.29, 1.82) is 0 Å². The van der Waals surface area contributed by atoms with Gasteiger partial charge in [-0.3, -0.25) is 4.79 Å². The molecule has 2 N–H and O–H groups in total. The number of carbonyl (C=O) groups excluding carboxylic acids is 1. The van der Waals surface area contributed by atoms with Gasteiger partial charge in [0.25, 0.3) is 0 Å². The molecule has 0 heterocycles. The predicted molar refractivity (Wildman–Crippen MR) is 145 cm³/mol. The number of hydrogen-bond donors (Lipinski definition) is 2. The van der Waals surface area contributed by atoms with Crippen LogP contribution >= 0.6 is 11.6 Å². The maximum atomic E-state index is 13.3. The molecule has 0 aliphatic rings. The normalized spacial score (nSPS) is 12.0. The Morgan fingerprint density at radius 3 is 2.00 bits per heavy atom. The Bertz CT molecular complexity index is 879. The van der Waals surface area contributed by atoms with Crippen LogP contribution in [-0.4, -0.2) is 23.1 Å². The molecule has 0 bridgehead atoms. The van der Waals surface area contributed by atoms with Gasteiger partial charge < -0.3 is 14.9 Å². The van der Waals surface area contributed by atoms with Crippen LogP contribution in [0.15, 0.2) is 36.4 Å². The van der Waals surface area contributed by atoms with E-state index >= 15 is 0 Å². The van der Waals surface area contributed by atoms with Crippen molar-refractivity contribution in [3.8, 4) is 17.2 Å². The lowest BCUT2D eigenvalue weighted by Gasteiger charge is -2.17. The van der Waals surface area contributed by atoms with E-state index in [0.717, 1.165) is 30.6 Å². The zero-order valence-corrected chi connectivity index (χ0v) is 22.3. The third-order valence-corrected chi connectivity index (χ3v) is 7.07. The molecule has 2 aromatic carbocycles. The zero-order chi connectivity index (χ0) is 25.5. The summed E-state index contributed by atoms with van der Waals surface area (Å²) >= 11 is 6.01. The first kappa shape index (κ1) is 29.0. The molecule has 1 unspecified atom stereocenters. The highest BCUT2D eigenvalue weighted by molar-refractivity contribution is 6.32. The van der Waals surface area contributed by atoms with E-state index in [0.29, 0.717) is 12.0 Å². The molecule has 194 valence electrons. The monoisotopic (exact) mass is 502 g/mol. The SMILES string of the molecule is CCCCCCCCCCCCCC(Cc1ccc(OC)cc1)C(=O)Cc1cc(Cl)c(O)cc1O. The molecule has 2 aromatic rings. The van der Waals surface area contributed by atoms with Crippen molar-refractivity contribution in [3.63, 3.8) is 0 Å². The van der Waals surface area contributed by atoms with Crippen molar-refractivity contribution < 1.29 is 19.7 Å². The van der Waals surface area contributed by atoms with E-state index < -0.39 is 0 Å². The number of carbonyl (C=O) groups is 1. The summed E-state index contributed by atoms with van der Waals surface area (Å²) in [5.41, 5.74) is 1.55. The summed E-state index contributed by atoms with van der Waals surface area (Å²) < 4.78 is 5.25. The predicted octanol–water partition coefficient (Wildman–Crippen LogP) is 8.43. The van der Waals surface area contributed by atoms with Crippen molar-refractivity contribution in [3.05, 3.63) is 52.5 Å². The fourth-order valence-corrected chi connectivity index (χ4v) is 4.73. The Morgan fingerprint density at radius 1 is 0.857 bits per heavy atom. The second-order valence-electron chi connectivity index (χ2n) is 9.65. The second kappa shape index (κ2) is 16.5. The minimum absolute atomic E-state index is 0.0879. The number of Topliss-reactive ketones (excluding diaryl/α,β-unsaturated/α-hetero) is 1. The Hall–Kier alpha value is -2.20. The van der Waals surface area contributed by atoms with Crippen LogP contribution in [0.5, 0.6) is 17.2 Å². The first-order chi connectivity index (χ1) is 16.9. The van der Waals surface area contributed by atoms with Gasteiger partial charge in [0, 0.05) is 24.0 Å². The number of phenolic OH excluding ortho intramolecular Hbond substituents is 2. The van der Waals surface area contributed by atoms with Gasteiger partial charge in [0.05, 0.1) is 12.1 Å². The smallest absolute Gasteiger partial charge is 0.140 e. The van der Waals surface area contributed by atoms with E-state index in [2.05, 4.69) is 6.92 Å². The van der Waals surface area contributed by atoms with Gasteiger partial charge in [0.15, 0.2) is 0 Å². The summed E-state index contributed by atoms with van der Waals surface area (Å²) in [6.45, 7) is 2.25. The van der Waals surface area contributed by atoms with Gasteiger partial charge in [-0.25, -0.2) is 0 Å². The number of rotatable bonds is 18. The second-order valence-corrected chi connectivity index (χ2v) is 10.1. The Kier molecular flexibility index (Phi) is 13.7. The molecule has 0 radical (unpaired) electrons. The minimum atomic E-state index is -0.184. The number of ether oxygens (including phenoxy) is 1. The number of hydrogen-bond acceptors (Lipinski definition) is 4. The molecular formula is C30H43ClO4. The van der Waals surface area contributed by atoms with Gasteiger partial charge in [0.1, 0.15) is 23.0 Å². The van der Waals surface area contributed by atoms with Gasteiger partial charge in [-0.2, -0.15) is 0 Å². The van der Waals surface area contributed by atoms with Crippen LogP contribution in [0, 0.1) is 5.92 Å². The molecular weight excluding hydrogens is 460 g/mol. The highest BCUT2D eigenvalue weighted by Crippen LogP contribution is 2.32. The number of methoxy groups -OCH3 is 1. The molecule has 2 rings (SSSR count). The van der Waals surface area contributed by atoms with E-state index in [4.69, 9.17) is 16.3 Å². The Labute approximate surface area is 216 Å². The molecule has 0 fully saturated rings. The molecule has 0 saturated carbocycles. The van der Waals surface area contributed by atoms with Crippen molar-refractivity contribution in [1.82, 2.24) is 0 Å². The van der Waals surface area contributed by atoms with E-state index in [1.807, 2.05) is 24.3 Å². The van der Waals surface area contributed by atoms with Gasteiger partial charge in [-0.15, -0.1) is 0 Å². The van der Waals surface area contributed by atoms with Gasteiger partial charge in [-0.1, -0.05) is 101 Å². The lowest BCUT2D eigenvalue weighted by atomic mass is 9.87. The lowest BCUT2D eigenvalue weighted by Crippen LogP contribution is -2.19. The largest absolute Gasteiger partial charge is 0.508 e. The summed E-state index contributed by atoms with van der Waals surface area (Å²) in [5.74, 6) is 0.471. The number of aromatic hydroxyl groups is 2. The van der Waals surface area contributed by atoms with Crippen molar-refractivity contribution in [2.24, 2.45) is 5.92 Å². The highest BCUT2D eigenvalue weighted by atomic mass is 35.5. The number of phenols is 2. The molecule has 0 aliphatic heterocycles. The Morgan fingerprint density at radius 2 is 1.43 bits per heavy atom. The van der Waals surface area contributed by atoms with Crippen molar-refractivity contribution >= 4 is 17.4 Å². The molecule has 0 aliphatic carbocycles. The van der Waals surface area contributed by atoms with Crippen LogP contribution in [0.1, 0.15) is 95.1 Å². The van der Waals surface area contributed by atoms with Crippen LogP contribution in [0.4, 0.5) is 0 Å². The fourth-order valence-electron chi connectivity index (χ4n) is 4.54. The summed E-state index contributed by atoms with van der Waals surface area (Å²) in [4.78, 5) is 13.3. The molecule has 0 aromatic heterocycles. The fraction of sp³-hybridized carbons (Fsp3) is 0.567. The van der Waals surface area contributed by atoms with Crippen LogP contribution in [-0.2, 0) is 17.6 Å². The van der Waals surface area contributed by atoms with Crippen molar-refractivity contribution in [2.75, 3.05) is 7.11 Å². The number of halogens is 1. The standard InChI is InChI=1S/C30H43ClO4/c1-3-4-5-6-7-8-9-10-11-12-13-14-24(19-23-15-17-26(35-2)18-16-23)28(32)21-25-20-27(31)30(34)22-29(25)33/h15-18,20,22,24,33-34H,3-14,19,21H2,1-2H3. The van der Waals surface area contributed by atoms with Crippen LogP contribution in [0.2, 0.25) is 5.02 Å². The molecule has 35 heavy (non-hydrogen) atoms. The average Bonchev–Trinajstić information content (AvgIpc) is 2.85. The summed E-state index contributed by atoms with van der Waals surface area (Å²) in [5, 5.41) is 20.0. The molecule has 4 nitrogen and oxygen atoms in total. The maximum Gasteiger partial charge on any atom is 0.140 e. The molecule has 0 saturated heterocycles. The van der Waals surface area contributed by atoms with Crippen LogP contribution < -0.4 is 4.74 Å². The summed E-state index contributed by atoms with van der Waals surface area (Å²) in [7, 11) is 1.64. The molecule has 0 spiro atoms. The Balaban J connectivity index is 1.87. The average molecular weight is 503 g/mol. The first-order valence-electron chi connectivity index (χ1n) is 13.3. The zero-order valence-electron chi connectivity index (χ0n) is 21.5. The number of unbranched alkanes of at least 4 members (excludes halogenated alkanes) is 10. The topological polar surface area (TPSA) is 66.8 Å². The van der Waals surface area contributed by atoms with E-state index in [1.165, 1.54) is 69.9 Å². The molecule has 5 heteroatoms. The summed E-state index contributed by atoms with van der Waals surface area (Å²) in [6, 6.07) is 10.5. The van der Waals surface area contributed by atoms with Crippen molar-refractivity contribution in [2.45, 2.75) is 96.8 Å². The van der Waals surface area contributed by atoms with Crippen LogP contribution in [0.25, 0.3) is 0 Å². The first-order valence-corrected chi connectivity index (χ1v) is 13.7. The van der Waals surface area contributed by atoms with E-state index in [9.17, 15) is 15.0 Å². The lowest BCUT2D eigenvalue weighted by molar-refractivity contribution is -0.122. The third kappa shape index (κ3) is 10.9. The number of benzene rings is 2. The number of ketones is 1. The van der Waals surface area contributed by atoms with E-state index in [1.54, 1.807) is 7.11 Å². The quantitative estimate of drug-likeness (QED) is 0.201. The van der Waals surface area contributed by atoms with E-state index in [-0.39, 0.29) is 34.6 Å². The van der Waals surface area contributed by atoms with Gasteiger partial charge >= 0.3 is 0 Å². The summed E-state index contributed by atoms with van der Waals surface area (Å²) in [6.07, 6.45) is 15.6. The van der Waals surface area contributed by atoms with Gasteiger partial charge in [0.2, 0.25) is 0 Å². The maximum absolute atomic E-state index is 13.3. The highest BCUT2D eigenvalue weighted by Gasteiger charge is 2.21.